The van der Waals surface area contributed by atoms with Crippen molar-refractivity contribution in [2.24, 2.45) is 0 Å². The molecule has 31 heavy (non-hydrogen) atoms. The van der Waals surface area contributed by atoms with Crippen LogP contribution in [0, 0.1) is 5.82 Å². The highest BCUT2D eigenvalue weighted by atomic mass is 19.1. The van der Waals surface area contributed by atoms with Gasteiger partial charge in [-0.25, -0.2) is 4.39 Å². The van der Waals surface area contributed by atoms with Gasteiger partial charge in [0.2, 0.25) is 0 Å². The topological polar surface area (TPSA) is 64.7 Å². The van der Waals surface area contributed by atoms with Crippen molar-refractivity contribution < 1.29 is 14.0 Å². The second-order valence-electron chi connectivity index (χ2n) is 8.32. The van der Waals surface area contributed by atoms with E-state index in [0.717, 1.165) is 44.5 Å². The summed E-state index contributed by atoms with van der Waals surface area (Å²) in [6.07, 6.45) is 4.50. The molecule has 1 atom stereocenters. The number of hydrogen-bond donors (Lipinski definition) is 2. The average molecular weight is 425 g/mol. The van der Waals surface area contributed by atoms with Crippen molar-refractivity contribution in [3.8, 4) is 0 Å². The van der Waals surface area contributed by atoms with E-state index in [1.165, 1.54) is 35.9 Å². The molecule has 7 heteroatoms. The van der Waals surface area contributed by atoms with Gasteiger partial charge in [-0.3, -0.25) is 14.5 Å². The van der Waals surface area contributed by atoms with Crippen LogP contribution in [0.5, 0.6) is 0 Å². The van der Waals surface area contributed by atoms with Crippen molar-refractivity contribution in [3.63, 3.8) is 0 Å². The van der Waals surface area contributed by atoms with Crippen LogP contribution in [-0.2, 0) is 16.0 Å². The quantitative estimate of drug-likeness (QED) is 0.724. The molecule has 0 aliphatic carbocycles. The maximum absolute atomic E-state index is 13.8. The molecule has 2 aromatic carbocycles. The highest BCUT2D eigenvalue weighted by Gasteiger charge is 2.26. The van der Waals surface area contributed by atoms with Gasteiger partial charge in [0, 0.05) is 25.8 Å². The number of hydrogen-bond acceptors (Lipinski definition) is 4. The van der Waals surface area contributed by atoms with Crippen LogP contribution in [0.2, 0.25) is 0 Å². The standard InChI is InChI=1S/C24H29FN4O2/c1-28-14-11-18-15-17(9-10-21(18)28)22(29-12-5-2-6-13-29)16-26-23(30)24(31)27-20-8-4-3-7-19(20)25/h3-4,7-10,15,22H,2,5-6,11-14,16H2,1H3,(H,26,30)(H,27,31)/t22-/m0/s1. The molecule has 2 heterocycles. The molecule has 1 saturated heterocycles. The van der Waals surface area contributed by atoms with E-state index in [2.05, 4.69) is 45.7 Å². The first-order valence-electron chi connectivity index (χ1n) is 10.9. The van der Waals surface area contributed by atoms with Crippen LogP contribution in [0.4, 0.5) is 15.8 Å². The molecule has 0 unspecified atom stereocenters. The number of benzene rings is 2. The largest absolute Gasteiger partial charge is 0.374 e. The Morgan fingerprint density at radius 2 is 1.81 bits per heavy atom. The van der Waals surface area contributed by atoms with Gasteiger partial charge in [-0.1, -0.05) is 30.7 Å². The molecule has 2 amide bonds. The summed E-state index contributed by atoms with van der Waals surface area (Å²) >= 11 is 0. The van der Waals surface area contributed by atoms with Gasteiger partial charge in [-0.05, 0) is 61.7 Å². The van der Waals surface area contributed by atoms with Crippen molar-refractivity contribution >= 4 is 23.2 Å². The number of nitrogens with one attached hydrogen (secondary N) is 2. The molecule has 0 radical (unpaired) electrons. The summed E-state index contributed by atoms with van der Waals surface area (Å²) in [6, 6.07) is 12.3. The normalized spacial score (nSPS) is 17.2. The Bertz CT molecular complexity index is 958. The molecule has 4 rings (SSSR count). The molecular weight excluding hydrogens is 395 g/mol. The van der Waals surface area contributed by atoms with Gasteiger partial charge in [0.25, 0.3) is 0 Å². The van der Waals surface area contributed by atoms with E-state index in [1.54, 1.807) is 6.07 Å². The van der Waals surface area contributed by atoms with Gasteiger partial charge in [0.05, 0.1) is 11.7 Å². The summed E-state index contributed by atoms with van der Waals surface area (Å²) in [5.74, 6) is -2.19. The number of piperidine rings is 1. The lowest BCUT2D eigenvalue weighted by molar-refractivity contribution is -0.136. The lowest BCUT2D eigenvalue weighted by Gasteiger charge is -2.35. The number of anilines is 2. The highest BCUT2D eigenvalue weighted by molar-refractivity contribution is 6.39. The van der Waals surface area contributed by atoms with Crippen LogP contribution in [0.25, 0.3) is 0 Å². The van der Waals surface area contributed by atoms with Crippen molar-refractivity contribution in [2.75, 3.05) is 43.4 Å². The first-order chi connectivity index (χ1) is 15.0. The number of halogens is 1. The Hall–Kier alpha value is -2.93. The Morgan fingerprint density at radius 3 is 2.58 bits per heavy atom. The van der Waals surface area contributed by atoms with E-state index >= 15 is 0 Å². The van der Waals surface area contributed by atoms with Crippen molar-refractivity contribution in [3.05, 3.63) is 59.4 Å². The van der Waals surface area contributed by atoms with Crippen LogP contribution in [0.15, 0.2) is 42.5 Å². The van der Waals surface area contributed by atoms with E-state index in [9.17, 15) is 14.0 Å². The van der Waals surface area contributed by atoms with Gasteiger partial charge in [0.15, 0.2) is 0 Å². The molecule has 2 N–H and O–H groups in total. The zero-order chi connectivity index (χ0) is 21.8. The maximum Gasteiger partial charge on any atom is 0.313 e. The molecule has 0 aromatic heterocycles. The first-order valence-corrected chi connectivity index (χ1v) is 10.9. The molecule has 6 nitrogen and oxygen atoms in total. The van der Waals surface area contributed by atoms with E-state index in [1.807, 2.05) is 0 Å². The lowest BCUT2D eigenvalue weighted by atomic mass is 9.98. The number of nitrogens with zero attached hydrogens (tertiary/aromatic N) is 2. The van der Waals surface area contributed by atoms with Gasteiger partial charge in [0.1, 0.15) is 5.82 Å². The third-order valence-electron chi connectivity index (χ3n) is 6.23. The minimum atomic E-state index is -0.863. The Kier molecular flexibility index (Phi) is 6.51. The Labute approximate surface area is 182 Å². The molecule has 0 bridgehead atoms. The average Bonchev–Trinajstić information content (AvgIpc) is 3.16. The van der Waals surface area contributed by atoms with Crippen LogP contribution in [0.3, 0.4) is 0 Å². The molecule has 1 fully saturated rings. The number of likely N-dealkylation sites (N-methyl/N-ethyl adjacent to an activating group) is 1. The predicted molar refractivity (Wildman–Crippen MR) is 120 cm³/mol. The monoisotopic (exact) mass is 424 g/mol. The predicted octanol–water partition coefficient (Wildman–Crippen LogP) is 3.10. The molecule has 164 valence electrons. The van der Waals surface area contributed by atoms with Crippen LogP contribution < -0.4 is 15.5 Å². The fourth-order valence-corrected chi connectivity index (χ4v) is 4.49. The third-order valence-corrected chi connectivity index (χ3v) is 6.23. The fraction of sp³-hybridized carbons (Fsp3) is 0.417. The van der Waals surface area contributed by atoms with Gasteiger partial charge < -0.3 is 15.5 Å². The van der Waals surface area contributed by atoms with Gasteiger partial charge >= 0.3 is 11.8 Å². The zero-order valence-electron chi connectivity index (χ0n) is 17.9. The number of rotatable bonds is 5. The molecule has 0 saturated carbocycles. The highest BCUT2D eigenvalue weighted by Crippen LogP contribution is 2.32. The fourth-order valence-electron chi connectivity index (χ4n) is 4.49. The summed E-state index contributed by atoms with van der Waals surface area (Å²) in [4.78, 5) is 29.3. The third kappa shape index (κ3) is 4.88. The number of carbonyl (C=O) groups is 2. The number of fused-ring (bicyclic) bond motifs is 1. The van der Waals surface area contributed by atoms with E-state index < -0.39 is 17.6 Å². The maximum atomic E-state index is 13.8. The number of likely N-dealkylation sites (tertiary alicyclic amines) is 1. The number of carbonyl (C=O) groups excluding carboxylic acids is 2. The van der Waals surface area contributed by atoms with Crippen LogP contribution in [-0.4, -0.2) is 49.9 Å². The second kappa shape index (κ2) is 9.47. The molecule has 2 aromatic rings. The Morgan fingerprint density at radius 1 is 1.03 bits per heavy atom. The second-order valence-corrected chi connectivity index (χ2v) is 8.32. The molecule has 2 aliphatic rings. The van der Waals surface area contributed by atoms with Crippen molar-refractivity contribution in [2.45, 2.75) is 31.7 Å². The summed E-state index contributed by atoms with van der Waals surface area (Å²) < 4.78 is 13.8. The number of amides is 2. The van der Waals surface area contributed by atoms with E-state index in [0.29, 0.717) is 6.54 Å². The van der Waals surface area contributed by atoms with Gasteiger partial charge in [-0.15, -0.1) is 0 Å². The Balaban J connectivity index is 1.46. The number of para-hydroxylation sites is 1. The summed E-state index contributed by atoms with van der Waals surface area (Å²) in [5, 5.41) is 5.12. The molecular formula is C24H29FN4O2. The summed E-state index contributed by atoms with van der Waals surface area (Å²) in [7, 11) is 2.10. The first kappa shape index (κ1) is 21.3. The van der Waals surface area contributed by atoms with E-state index in [-0.39, 0.29) is 11.7 Å². The molecule has 0 spiro atoms. The van der Waals surface area contributed by atoms with Crippen LogP contribution >= 0.6 is 0 Å². The van der Waals surface area contributed by atoms with Gasteiger partial charge in [-0.2, -0.15) is 0 Å². The summed E-state index contributed by atoms with van der Waals surface area (Å²) in [5.41, 5.74) is 3.74. The molecule has 2 aliphatic heterocycles. The summed E-state index contributed by atoms with van der Waals surface area (Å²) in [6.45, 7) is 3.29. The smallest absolute Gasteiger partial charge is 0.313 e. The van der Waals surface area contributed by atoms with Crippen molar-refractivity contribution in [1.82, 2.24) is 10.2 Å². The SMILES string of the molecule is CN1CCc2cc([C@H](CNC(=O)C(=O)Nc3ccccc3F)N3CCCCC3)ccc21. The van der Waals surface area contributed by atoms with Crippen molar-refractivity contribution in [1.29, 1.82) is 0 Å². The van der Waals surface area contributed by atoms with Crippen LogP contribution in [0.1, 0.15) is 36.4 Å². The minimum absolute atomic E-state index is 0.00159. The zero-order valence-corrected chi connectivity index (χ0v) is 17.9. The lowest BCUT2D eigenvalue weighted by Crippen LogP contribution is -2.43. The van der Waals surface area contributed by atoms with E-state index in [4.69, 9.17) is 0 Å². The minimum Gasteiger partial charge on any atom is -0.374 e.